The first-order valence-electron chi connectivity index (χ1n) is 6.69. The number of amides is 1. The van der Waals surface area contributed by atoms with E-state index in [0.717, 1.165) is 0 Å². The fraction of sp³-hybridized carbons (Fsp3) is 0.462. The van der Waals surface area contributed by atoms with Gasteiger partial charge in [0, 0.05) is 19.2 Å². The van der Waals surface area contributed by atoms with Crippen LogP contribution in [0, 0.1) is 0 Å². The predicted octanol–water partition coefficient (Wildman–Crippen LogP) is -0.629. The first-order valence-corrected chi connectivity index (χ1v) is 8.17. The van der Waals surface area contributed by atoms with E-state index >= 15 is 0 Å². The molecule has 9 heteroatoms. The quantitative estimate of drug-likeness (QED) is 0.691. The van der Waals surface area contributed by atoms with Gasteiger partial charge in [-0.3, -0.25) is 4.79 Å². The lowest BCUT2D eigenvalue weighted by Crippen LogP contribution is -2.39. The molecule has 0 fully saturated rings. The predicted molar refractivity (Wildman–Crippen MR) is 79.3 cm³/mol. The van der Waals surface area contributed by atoms with Gasteiger partial charge in [0.1, 0.15) is 0 Å². The molecule has 122 valence electrons. The molecular formula is C13H19N3O5S. The number of hydrogen-bond donors (Lipinski definition) is 2. The Morgan fingerprint density at radius 2 is 2.00 bits per heavy atom. The maximum atomic E-state index is 12.1. The van der Waals surface area contributed by atoms with Gasteiger partial charge in [0.25, 0.3) is 0 Å². The smallest absolute Gasteiger partial charge is 0.241 e. The molecule has 0 spiro atoms. The average molecular weight is 329 g/mol. The number of rotatable bonds is 7. The van der Waals surface area contributed by atoms with Crippen LogP contribution in [-0.4, -0.2) is 59.7 Å². The van der Waals surface area contributed by atoms with E-state index in [-0.39, 0.29) is 24.1 Å². The Balaban J connectivity index is 1.90. The third-order valence-corrected chi connectivity index (χ3v) is 4.36. The summed E-state index contributed by atoms with van der Waals surface area (Å²) in [6.07, 6.45) is 0. The van der Waals surface area contributed by atoms with E-state index in [2.05, 4.69) is 10.0 Å². The van der Waals surface area contributed by atoms with Gasteiger partial charge >= 0.3 is 0 Å². The Kier molecular flexibility index (Phi) is 5.22. The Morgan fingerprint density at radius 3 is 2.73 bits per heavy atom. The molecule has 0 saturated heterocycles. The second kappa shape index (κ2) is 6.95. The van der Waals surface area contributed by atoms with Crippen LogP contribution in [0.3, 0.4) is 0 Å². The van der Waals surface area contributed by atoms with Gasteiger partial charge in [-0.25, -0.2) is 13.1 Å². The minimum atomic E-state index is -3.78. The highest BCUT2D eigenvalue weighted by molar-refractivity contribution is 7.89. The molecule has 22 heavy (non-hydrogen) atoms. The van der Waals surface area contributed by atoms with Gasteiger partial charge in [0.15, 0.2) is 11.5 Å². The molecule has 0 aromatic heterocycles. The molecule has 1 aliphatic rings. The lowest BCUT2D eigenvalue weighted by molar-refractivity contribution is -0.119. The molecule has 1 amide bonds. The van der Waals surface area contributed by atoms with Gasteiger partial charge in [0.05, 0.1) is 11.4 Å². The minimum absolute atomic E-state index is 0.0258. The number of carbonyl (C=O) groups excluding carboxylic acids is 1. The largest absolute Gasteiger partial charge is 0.454 e. The van der Waals surface area contributed by atoms with Crippen LogP contribution in [0.5, 0.6) is 11.5 Å². The molecule has 2 N–H and O–H groups in total. The van der Waals surface area contributed by atoms with Crippen LogP contribution in [0.15, 0.2) is 23.1 Å². The molecule has 1 aromatic rings. The van der Waals surface area contributed by atoms with Crippen LogP contribution in [0.2, 0.25) is 0 Å². The van der Waals surface area contributed by atoms with Gasteiger partial charge < -0.3 is 19.7 Å². The van der Waals surface area contributed by atoms with Crippen molar-refractivity contribution in [2.24, 2.45) is 0 Å². The van der Waals surface area contributed by atoms with Crippen LogP contribution in [0.4, 0.5) is 0 Å². The number of ether oxygens (including phenoxy) is 2. The number of nitrogens with zero attached hydrogens (tertiary/aromatic N) is 1. The molecule has 0 unspecified atom stereocenters. The summed E-state index contributed by atoms with van der Waals surface area (Å²) in [7, 11) is -0.00823. The molecule has 8 nitrogen and oxygen atoms in total. The van der Waals surface area contributed by atoms with Gasteiger partial charge in [-0.15, -0.1) is 0 Å². The number of carbonyl (C=O) groups is 1. The zero-order valence-corrected chi connectivity index (χ0v) is 13.3. The zero-order chi connectivity index (χ0) is 16.2. The van der Waals surface area contributed by atoms with E-state index in [4.69, 9.17) is 9.47 Å². The standard InChI is InChI=1S/C13H19N3O5S/c1-16(2)6-5-14-13(17)8-15-22(18,19)10-3-4-11-12(7-10)21-9-20-11/h3-4,7,15H,5-6,8-9H2,1-2H3,(H,14,17). The zero-order valence-electron chi connectivity index (χ0n) is 12.5. The van der Waals surface area contributed by atoms with Gasteiger partial charge in [-0.05, 0) is 26.2 Å². The fourth-order valence-corrected chi connectivity index (χ4v) is 2.77. The van der Waals surface area contributed by atoms with E-state index < -0.39 is 10.0 Å². The topological polar surface area (TPSA) is 97.0 Å². The summed E-state index contributed by atoms with van der Waals surface area (Å²) in [6, 6.07) is 4.29. The molecule has 0 aliphatic carbocycles. The number of benzene rings is 1. The van der Waals surface area contributed by atoms with Crippen LogP contribution in [-0.2, 0) is 14.8 Å². The third-order valence-electron chi connectivity index (χ3n) is 2.96. The van der Waals surface area contributed by atoms with Crippen molar-refractivity contribution in [1.82, 2.24) is 14.9 Å². The van der Waals surface area contributed by atoms with Crippen molar-refractivity contribution in [2.75, 3.05) is 40.5 Å². The molecular weight excluding hydrogens is 310 g/mol. The van der Waals surface area contributed by atoms with Crippen molar-refractivity contribution in [3.8, 4) is 11.5 Å². The maximum absolute atomic E-state index is 12.1. The summed E-state index contributed by atoms with van der Waals surface area (Å²) >= 11 is 0. The third kappa shape index (κ3) is 4.33. The number of hydrogen-bond acceptors (Lipinski definition) is 6. The summed E-state index contributed by atoms with van der Waals surface area (Å²) in [5.41, 5.74) is 0. The summed E-state index contributed by atoms with van der Waals surface area (Å²) < 4.78 is 36.8. The first-order chi connectivity index (χ1) is 10.4. The van der Waals surface area contributed by atoms with Crippen molar-refractivity contribution in [2.45, 2.75) is 4.90 Å². The van der Waals surface area contributed by atoms with Crippen LogP contribution < -0.4 is 19.5 Å². The molecule has 0 bridgehead atoms. The van der Waals surface area contributed by atoms with Gasteiger partial charge in [0.2, 0.25) is 22.7 Å². The van der Waals surface area contributed by atoms with Crippen molar-refractivity contribution in [3.63, 3.8) is 0 Å². The second-order valence-electron chi connectivity index (χ2n) is 4.99. The summed E-state index contributed by atoms with van der Waals surface area (Å²) in [4.78, 5) is 13.5. The number of likely N-dealkylation sites (N-methyl/N-ethyl adjacent to an activating group) is 1. The minimum Gasteiger partial charge on any atom is -0.454 e. The number of nitrogens with one attached hydrogen (secondary N) is 2. The van der Waals surface area contributed by atoms with E-state index in [0.29, 0.717) is 24.6 Å². The molecule has 0 saturated carbocycles. The first kappa shape index (κ1) is 16.5. The molecule has 1 aromatic carbocycles. The summed E-state index contributed by atoms with van der Waals surface area (Å²) in [5.74, 6) is 0.491. The molecule has 1 aliphatic heterocycles. The summed E-state index contributed by atoms with van der Waals surface area (Å²) in [6.45, 7) is 0.892. The number of fused-ring (bicyclic) bond motifs is 1. The van der Waals surface area contributed by atoms with E-state index in [9.17, 15) is 13.2 Å². The van der Waals surface area contributed by atoms with Gasteiger partial charge in [-0.2, -0.15) is 0 Å². The Hall–Kier alpha value is -1.84. The Bertz CT molecular complexity index is 645. The second-order valence-corrected chi connectivity index (χ2v) is 6.76. The lowest BCUT2D eigenvalue weighted by atomic mass is 10.3. The van der Waals surface area contributed by atoms with Crippen LogP contribution >= 0.6 is 0 Å². The molecule has 0 atom stereocenters. The average Bonchev–Trinajstić information content (AvgIpc) is 2.92. The normalized spacial score (nSPS) is 13.4. The van der Waals surface area contributed by atoms with Crippen molar-refractivity contribution in [1.29, 1.82) is 0 Å². The highest BCUT2D eigenvalue weighted by Gasteiger charge is 2.20. The Labute approximate surface area is 129 Å². The Morgan fingerprint density at radius 1 is 1.27 bits per heavy atom. The number of sulfonamides is 1. The van der Waals surface area contributed by atoms with Gasteiger partial charge in [-0.1, -0.05) is 0 Å². The highest BCUT2D eigenvalue weighted by atomic mass is 32.2. The monoisotopic (exact) mass is 329 g/mol. The maximum Gasteiger partial charge on any atom is 0.241 e. The van der Waals surface area contributed by atoms with E-state index in [1.807, 2.05) is 19.0 Å². The molecule has 2 rings (SSSR count). The summed E-state index contributed by atoms with van der Waals surface area (Å²) in [5, 5.41) is 2.63. The molecule has 1 heterocycles. The SMILES string of the molecule is CN(C)CCNC(=O)CNS(=O)(=O)c1ccc2c(c1)OCO2. The van der Waals surface area contributed by atoms with E-state index in [1.165, 1.54) is 18.2 Å². The van der Waals surface area contributed by atoms with Crippen molar-refractivity contribution in [3.05, 3.63) is 18.2 Å². The highest BCUT2D eigenvalue weighted by Crippen LogP contribution is 2.33. The van der Waals surface area contributed by atoms with E-state index in [1.54, 1.807) is 0 Å². The van der Waals surface area contributed by atoms with Crippen LogP contribution in [0.25, 0.3) is 0 Å². The fourth-order valence-electron chi connectivity index (χ4n) is 1.77. The van der Waals surface area contributed by atoms with Crippen molar-refractivity contribution >= 4 is 15.9 Å². The lowest BCUT2D eigenvalue weighted by Gasteiger charge is -2.11. The molecule has 0 radical (unpaired) electrons. The van der Waals surface area contributed by atoms with Crippen LogP contribution in [0.1, 0.15) is 0 Å². The van der Waals surface area contributed by atoms with Crippen molar-refractivity contribution < 1.29 is 22.7 Å².